The van der Waals surface area contributed by atoms with Gasteiger partial charge in [0.25, 0.3) is 5.91 Å². The monoisotopic (exact) mass is 393 g/mol. The Morgan fingerprint density at radius 2 is 1.62 bits per heavy atom. The lowest BCUT2D eigenvalue weighted by Gasteiger charge is -2.27. The molecule has 29 heavy (non-hydrogen) atoms. The first-order valence-corrected chi connectivity index (χ1v) is 10.4. The molecule has 1 unspecified atom stereocenters. The van der Waals surface area contributed by atoms with E-state index in [1.165, 1.54) is 6.42 Å². The van der Waals surface area contributed by atoms with Gasteiger partial charge in [0.2, 0.25) is 5.91 Å². The van der Waals surface area contributed by atoms with Gasteiger partial charge in [0.1, 0.15) is 12.1 Å². The largest absolute Gasteiger partial charge is 0.341 e. The summed E-state index contributed by atoms with van der Waals surface area (Å²) in [5, 5.41) is 4.76. The Morgan fingerprint density at radius 3 is 2.38 bits per heavy atom. The quantitative estimate of drug-likeness (QED) is 0.813. The van der Waals surface area contributed by atoms with Gasteiger partial charge in [-0.25, -0.2) is 4.79 Å². The second kappa shape index (κ2) is 7.85. The molecular weight excluding hydrogens is 366 g/mol. The molecule has 2 aromatic rings. The van der Waals surface area contributed by atoms with E-state index >= 15 is 0 Å². The molecule has 2 fully saturated rings. The van der Waals surface area contributed by atoms with Crippen molar-refractivity contribution in [2.75, 3.05) is 19.6 Å². The summed E-state index contributed by atoms with van der Waals surface area (Å²) in [5.41, 5.74) is -0.441. The highest BCUT2D eigenvalue weighted by atomic mass is 16.2. The first-order valence-electron chi connectivity index (χ1n) is 10.4. The van der Waals surface area contributed by atoms with Crippen molar-refractivity contribution in [3.8, 4) is 0 Å². The SMILES string of the molecule is CC1(c2cccc3ccccc23)NC(=O)N(CC(=O)N2CCCCCCC2)C1=O. The number of rotatable bonds is 3. The van der Waals surface area contributed by atoms with Crippen LogP contribution in [-0.2, 0) is 15.1 Å². The molecule has 2 aromatic carbocycles. The molecule has 6 heteroatoms. The van der Waals surface area contributed by atoms with Crippen LogP contribution in [0.3, 0.4) is 0 Å². The molecule has 2 heterocycles. The van der Waals surface area contributed by atoms with Gasteiger partial charge in [0.15, 0.2) is 0 Å². The summed E-state index contributed by atoms with van der Waals surface area (Å²) in [4.78, 5) is 41.7. The lowest BCUT2D eigenvalue weighted by molar-refractivity contribution is -0.139. The molecule has 0 saturated carbocycles. The molecule has 152 valence electrons. The summed E-state index contributed by atoms with van der Waals surface area (Å²) in [6.45, 7) is 2.91. The van der Waals surface area contributed by atoms with Gasteiger partial charge in [-0.3, -0.25) is 14.5 Å². The Labute approximate surface area is 170 Å². The van der Waals surface area contributed by atoms with Gasteiger partial charge >= 0.3 is 6.03 Å². The van der Waals surface area contributed by atoms with Gasteiger partial charge in [-0.15, -0.1) is 0 Å². The van der Waals surface area contributed by atoms with E-state index in [-0.39, 0.29) is 18.4 Å². The summed E-state index contributed by atoms with van der Waals surface area (Å²) in [5.74, 6) is -0.531. The van der Waals surface area contributed by atoms with Crippen molar-refractivity contribution in [1.29, 1.82) is 0 Å². The van der Waals surface area contributed by atoms with Gasteiger partial charge < -0.3 is 10.2 Å². The topological polar surface area (TPSA) is 69.7 Å². The molecule has 4 amide bonds. The molecule has 0 radical (unpaired) electrons. The number of fused-ring (bicyclic) bond motifs is 1. The Balaban J connectivity index is 1.57. The van der Waals surface area contributed by atoms with Crippen LogP contribution in [0.4, 0.5) is 4.79 Å². The molecular formula is C23H27N3O3. The molecule has 1 atom stereocenters. The number of hydrogen-bond acceptors (Lipinski definition) is 3. The third kappa shape index (κ3) is 3.59. The highest BCUT2D eigenvalue weighted by molar-refractivity contribution is 6.10. The van der Waals surface area contributed by atoms with Crippen molar-refractivity contribution in [2.24, 2.45) is 0 Å². The van der Waals surface area contributed by atoms with Crippen LogP contribution in [0.25, 0.3) is 10.8 Å². The minimum absolute atomic E-state index is 0.155. The minimum Gasteiger partial charge on any atom is -0.341 e. The van der Waals surface area contributed by atoms with Crippen LogP contribution in [0.2, 0.25) is 0 Å². The fourth-order valence-corrected chi connectivity index (χ4v) is 4.42. The number of nitrogens with zero attached hydrogens (tertiary/aromatic N) is 2. The van der Waals surface area contributed by atoms with Crippen molar-refractivity contribution in [3.63, 3.8) is 0 Å². The predicted molar refractivity (Wildman–Crippen MR) is 111 cm³/mol. The van der Waals surface area contributed by atoms with Crippen LogP contribution in [-0.4, -0.2) is 47.3 Å². The van der Waals surface area contributed by atoms with E-state index < -0.39 is 11.6 Å². The third-order valence-electron chi connectivity index (χ3n) is 6.11. The second-order valence-electron chi connectivity index (χ2n) is 8.12. The standard InChI is InChI=1S/C23H27N3O3/c1-23(19-13-9-11-17-10-5-6-12-18(17)19)21(28)26(22(29)24-23)16-20(27)25-14-7-3-2-4-8-15-25/h5-6,9-13H,2-4,7-8,14-16H2,1H3,(H,24,29). The highest BCUT2D eigenvalue weighted by Gasteiger charge is 2.50. The van der Waals surface area contributed by atoms with Crippen molar-refractivity contribution in [2.45, 2.75) is 44.6 Å². The minimum atomic E-state index is -1.19. The molecule has 6 nitrogen and oxygen atoms in total. The molecule has 2 aliphatic rings. The van der Waals surface area contributed by atoms with E-state index in [9.17, 15) is 14.4 Å². The number of carbonyl (C=O) groups is 3. The summed E-state index contributed by atoms with van der Waals surface area (Å²) in [6.07, 6.45) is 5.38. The number of benzene rings is 2. The molecule has 2 saturated heterocycles. The molecule has 4 rings (SSSR count). The van der Waals surface area contributed by atoms with E-state index in [1.54, 1.807) is 11.8 Å². The number of imide groups is 1. The zero-order valence-electron chi connectivity index (χ0n) is 16.8. The highest BCUT2D eigenvalue weighted by Crippen LogP contribution is 2.33. The van der Waals surface area contributed by atoms with Crippen LogP contribution in [0.1, 0.15) is 44.6 Å². The Hall–Kier alpha value is -2.89. The van der Waals surface area contributed by atoms with Crippen LogP contribution in [0.15, 0.2) is 42.5 Å². The molecule has 2 aliphatic heterocycles. The predicted octanol–water partition coefficient (Wildman–Crippen LogP) is 3.40. The summed E-state index contributed by atoms with van der Waals surface area (Å²) in [6, 6.07) is 13.0. The van der Waals surface area contributed by atoms with Gasteiger partial charge in [-0.1, -0.05) is 61.7 Å². The maximum atomic E-state index is 13.3. The van der Waals surface area contributed by atoms with E-state index in [0.717, 1.165) is 46.9 Å². The number of likely N-dealkylation sites (tertiary alicyclic amines) is 1. The number of amides is 4. The lowest BCUT2D eigenvalue weighted by Crippen LogP contribution is -2.45. The number of hydrogen-bond donors (Lipinski definition) is 1. The maximum Gasteiger partial charge on any atom is 0.325 e. The first kappa shape index (κ1) is 19.4. The summed E-state index contributed by atoms with van der Waals surface area (Å²) in [7, 11) is 0. The van der Waals surface area contributed by atoms with E-state index in [2.05, 4.69) is 5.32 Å². The summed E-state index contributed by atoms with van der Waals surface area (Å²) < 4.78 is 0. The van der Waals surface area contributed by atoms with Crippen molar-refractivity contribution < 1.29 is 14.4 Å². The van der Waals surface area contributed by atoms with Gasteiger partial charge in [0, 0.05) is 13.1 Å². The molecule has 0 bridgehead atoms. The number of nitrogens with one attached hydrogen (secondary N) is 1. The first-order chi connectivity index (χ1) is 14.0. The van der Waals surface area contributed by atoms with Gasteiger partial charge in [-0.2, -0.15) is 0 Å². The fourth-order valence-electron chi connectivity index (χ4n) is 4.42. The smallest absolute Gasteiger partial charge is 0.325 e. The fraction of sp³-hybridized carbons (Fsp3) is 0.435. The molecule has 0 spiro atoms. The number of carbonyl (C=O) groups excluding carboxylic acids is 3. The average Bonchev–Trinajstić information content (AvgIpc) is 2.91. The Bertz CT molecular complexity index is 944. The van der Waals surface area contributed by atoms with Crippen molar-refractivity contribution in [3.05, 3.63) is 48.0 Å². The second-order valence-corrected chi connectivity index (χ2v) is 8.12. The molecule has 1 N–H and O–H groups in total. The van der Waals surface area contributed by atoms with Crippen LogP contribution in [0, 0.1) is 0 Å². The van der Waals surface area contributed by atoms with Crippen LogP contribution in [0.5, 0.6) is 0 Å². The zero-order chi connectivity index (χ0) is 20.4. The van der Waals surface area contributed by atoms with E-state index in [1.807, 2.05) is 42.5 Å². The number of urea groups is 1. The van der Waals surface area contributed by atoms with E-state index in [0.29, 0.717) is 13.1 Å². The van der Waals surface area contributed by atoms with Crippen molar-refractivity contribution >= 4 is 28.6 Å². The summed E-state index contributed by atoms with van der Waals surface area (Å²) >= 11 is 0. The van der Waals surface area contributed by atoms with Crippen molar-refractivity contribution in [1.82, 2.24) is 15.1 Å². The van der Waals surface area contributed by atoms with Gasteiger partial charge in [0.05, 0.1) is 0 Å². The third-order valence-corrected chi connectivity index (χ3v) is 6.11. The Kier molecular flexibility index (Phi) is 5.26. The lowest BCUT2D eigenvalue weighted by atomic mass is 9.88. The Morgan fingerprint density at radius 1 is 0.966 bits per heavy atom. The average molecular weight is 393 g/mol. The normalized spacial score (nSPS) is 23.1. The zero-order valence-corrected chi connectivity index (χ0v) is 16.8. The van der Waals surface area contributed by atoms with Crippen LogP contribution >= 0.6 is 0 Å². The molecule has 0 aromatic heterocycles. The van der Waals surface area contributed by atoms with Gasteiger partial charge in [-0.05, 0) is 36.1 Å². The maximum absolute atomic E-state index is 13.3. The van der Waals surface area contributed by atoms with E-state index in [4.69, 9.17) is 0 Å². The van der Waals surface area contributed by atoms with Crippen LogP contribution < -0.4 is 5.32 Å². The molecule has 0 aliphatic carbocycles.